The van der Waals surface area contributed by atoms with Crippen LogP contribution in [0.1, 0.15) is 24.6 Å². The average molecular weight is 236 g/mol. The molecule has 0 radical (unpaired) electrons. The van der Waals surface area contributed by atoms with Gasteiger partial charge in [-0.3, -0.25) is 10.4 Å². The molecule has 0 aromatic carbocycles. The van der Waals surface area contributed by atoms with Crippen LogP contribution in [-0.4, -0.2) is 40.5 Å². The molecule has 1 heterocycles. The fourth-order valence-electron chi connectivity index (χ4n) is 1.59. The molecule has 1 rings (SSSR count). The molecule has 0 aliphatic carbocycles. The van der Waals surface area contributed by atoms with E-state index in [-0.39, 0.29) is 11.9 Å². The quantitative estimate of drug-likeness (QED) is 0.498. The van der Waals surface area contributed by atoms with Crippen LogP contribution in [0.25, 0.3) is 0 Å². The summed E-state index contributed by atoms with van der Waals surface area (Å²) in [6, 6.07) is 3.76. The van der Waals surface area contributed by atoms with Crippen molar-refractivity contribution in [2.45, 2.75) is 26.0 Å². The second kappa shape index (κ2) is 6.32. The highest BCUT2D eigenvalue weighted by atomic mass is 16.3. The molecule has 0 bridgehead atoms. The van der Waals surface area contributed by atoms with Gasteiger partial charge in [-0.25, -0.2) is 0 Å². The van der Waals surface area contributed by atoms with Crippen LogP contribution in [0, 0.1) is 5.41 Å². The van der Waals surface area contributed by atoms with Gasteiger partial charge in [0.1, 0.15) is 11.5 Å². The predicted molar refractivity (Wildman–Crippen MR) is 67.9 cm³/mol. The van der Waals surface area contributed by atoms with Crippen LogP contribution in [0.15, 0.2) is 18.3 Å². The summed E-state index contributed by atoms with van der Waals surface area (Å²) < 4.78 is 0. The van der Waals surface area contributed by atoms with Crippen molar-refractivity contribution in [3.05, 3.63) is 29.6 Å². The van der Waals surface area contributed by atoms with Gasteiger partial charge in [-0.05, 0) is 32.0 Å². The van der Waals surface area contributed by atoms with Gasteiger partial charge in [0.05, 0.1) is 6.10 Å². The molecule has 0 aliphatic heterocycles. The van der Waals surface area contributed by atoms with Crippen molar-refractivity contribution >= 4 is 5.84 Å². The van der Waals surface area contributed by atoms with Gasteiger partial charge in [0, 0.05) is 19.3 Å². The molecule has 0 saturated heterocycles. The Kier molecular flexibility index (Phi) is 5.06. The van der Waals surface area contributed by atoms with Crippen molar-refractivity contribution in [2.24, 2.45) is 5.73 Å². The van der Waals surface area contributed by atoms with Crippen LogP contribution in [0.2, 0.25) is 0 Å². The number of aliphatic hydroxyl groups excluding tert-OH is 1. The van der Waals surface area contributed by atoms with E-state index in [1.54, 1.807) is 13.1 Å². The molecule has 4 N–H and O–H groups in total. The van der Waals surface area contributed by atoms with Crippen molar-refractivity contribution in [2.75, 3.05) is 13.6 Å². The Balaban J connectivity index is 2.64. The molecule has 1 atom stereocenters. The summed E-state index contributed by atoms with van der Waals surface area (Å²) in [6.07, 6.45) is 2.07. The molecule has 5 heteroatoms. The van der Waals surface area contributed by atoms with Crippen molar-refractivity contribution in [1.29, 1.82) is 5.41 Å². The molecule has 1 unspecified atom stereocenters. The van der Waals surface area contributed by atoms with E-state index >= 15 is 0 Å². The number of aliphatic hydroxyl groups is 1. The highest BCUT2D eigenvalue weighted by Crippen LogP contribution is 2.08. The molecule has 94 valence electrons. The fourth-order valence-corrected chi connectivity index (χ4v) is 1.59. The van der Waals surface area contributed by atoms with Gasteiger partial charge in [-0.1, -0.05) is 6.07 Å². The molecular formula is C12H20N4O. The fraction of sp³-hybridized carbons (Fsp3) is 0.500. The minimum Gasteiger partial charge on any atom is -0.393 e. The van der Waals surface area contributed by atoms with Gasteiger partial charge in [-0.2, -0.15) is 0 Å². The normalized spacial score (nSPS) is 12.7. The maximum Gasteiger partial charge on any atom is 0.142 e. The first-order valence-corrected chi connectivity index (χ1v) is 5.65. The number of pyridine rings is 1. The number of amidine groups is 1. The summed E-state index contributed by atoms with van der Waals surface area (Å²) in [5, 5.41) is 16.7. The van der Waals surface area contributed by atoms with Crippen molar-refractivity contribution in [3.8, 4) is 0 Å². The summed E-state index contributed by atoms with van der Waals surface area (Å²) in [6.45, 7) is 3.25. The van der Waals surface area contributed by atoms with E-state index in [2.05, 4.69) is 9.88 Å². The second-order valence-electron chi connectivity index (χ2n) is 4.30. The third-order valence-electron chi connectivity index (χ3n) is 2.52. The van der Waals surface area contributed by atoms with E-state index in [1.165, 1.54) is 0 Å². The summed E-state index contributed by atoms with van der Waals surface area (Å²) in [4.78, 5) is 6.18. The van der Waals surface area contributed by atoms with Gasteiger partial charge < -0.3 is 15.7 Å². The molecule has 0 amide bonds. The Morgan fingerprint density at radius 2 is 2.35 bits per heavy atom. The second-order valence-corrected chi connectivity index (χ2v) is 4.30. The van der Waals surface area contributed by atoms with Crippen LogP contribution in [0.5, 0.6) is 0 Å². The number of aromatic nitrogens is 1. The van der Waals surface area contributed by atoms with Crippen molar-refractivity contribution < 1.29 is 5.11 Å². The Morgan fingerprint density at radius 1 is 1.65 bits per heavy atom. The van der Waals surface area contributed by atoms with Gasteiger partial charge in [0.15, 0.2) is 0 Å². The maximum absolute atomic E-state index is 9.22. The van der Waals surface area contributed by atoms with Crippen molar-refractivity contribution in [3.63, 3.8) is 0 Å². The van der Waals surface area contributed by atoms with E-state index in [1.807, 2.05) is 19.2 Å². The number of hydrogen-bond acceptors (Lipinski definition) is 4. The zero-order chi connectivity index (χ0) is 12.8. The highest BCUT2D eigenvalue weighted by molar-refractivity contribution is 5.94. The molecular weight excluding hydrogens is 216 g/mol. The van der Waals surface area contributed by atoms with Crippen molar-refractivity contribution in [1.82, 2.24) is 9.88 Å². The van der Waals surface area contributed by atoms with Gasteiger partial charge >= 0.3 is 0 Å². The van der Waals surface area contributed by atoms with E-state index in [0.29, 0.717) is 12.2 Å². The smallest absolute Gasteiger partial charge is 0.142 e. The SMILES string of the molecule is CC(O)CCN(C)Cc1cccnc1C(=N)N. The third kappa shape index (κ3) is 4.50. The van der Waals surface area contributed by atoms with Crippen LogP contribution in [-0.2, 0) is 6.54 Å². The average Bonchev–Trinajstić information content (AvgIpc) is 2.27. The lowest BCUT2D eigenvalue weighted by Crippen LogP contribution is -2.24. The molecule has 5 nitrogen and oxygen atoms in total. The zero-order valence-electron chi connectivity index (χ0n) is 10.3. The topological polar surface area (TPSA) is 86.2 Å². The number of nitrogens with two attached hydrogens (primary N) is 1. The van der Waals surface area contributed by atoms with Crippen LogP contribution >= 0.6 is 0 Å². The lowest BCUT2D eigenvalue weighted by Gasteiger charge is -2.18. The third-order valence-corrected chi connectivity index (χ3v) is 2.52. The van der Waals surface area contributed by atoms with Crippen LogP contribution < -0.4 is 5.73 Å². The lowest BCUT2D eigenvalue weighted by atomic mass is 10.1. The molecule has 0 fully saturated rings. The Hall–Kier alpha value is -1.46. The minimum atomic E-state index is -0.293. The number of nitrogen functional groups attached to an aromatic ring is 1. The number of hydrogen-bond donors (Lipinski definition) is 3. The highest BCUT2D eigenvalue weighted by Gasteiger charge is 2.09. The molecule has 0 spiro atoms. The summed E-state index contributed by atoms with van der Waals surface area (Å²) in [7, 11) is 1.97. The monoisotopic (exact) mass is 236 g/mol. The van der Waals surface area contributed by atoms with Gasteiger partial charge in [0.25, 0.3) is 0 Å². The zero-order valence-corrected chi connectivity index (χ0v) is 10.3. The van der Waals surface area contributed by atoms with Crippen LogP contribution in [0.4, 0.5) is 0 Å². The summed E-state index contributed by atoms with van der Waals surface area (Å²) >= 11 is 0. The first kappa shape index (κ1) is 13.6. The number of nitrogens with zero attached hydrogens (tertiary/aromatic N) is 2. The molecule has 1 aromatic heterocycles. The molecule has 0 saturated carbocycles. The largest absolute Gasteiger partial charge is 0.393 e. The lowest BCUT2D eigenvalue weighted by molar-refractivity contribution is 0.163. The van der Waals surface area contributed by atoms with Gasteiger partial charge in [0.2, 0.25) is 0 Å². The molecule has 17 heavy (non-hydrogen) atoms. The maximum atomic E-state index is 9.22. The summed E-state index contributed by atoms with van der Waals surface area (Å²) in [5.74, 6) is -0.00970. The number of nitrogens with one attached hydrogen (secondary N) is 1. The Labute approximate surface area is 102 Å². The van der Waals surface area contributed by atoms with E-state index in [0.717, 1.165) is 18.5 Å². The van der Waals surface area contributed by atoms with E-state index in [4.69, 9.17) is 11.1 Å². The first-order valence-electron chi connectivity index (χ1n) is 5.65. The first-order chi connectivity index (χ1) is 8.00. The summed E-state index contributed by atoms with van der Waals surface area (Å²) in [5.41, 5.74) is 6.95. The van der Waals surface area contributed by atoms with Gasteiger partial charge in [-0.15, -0.1) is 0 Å². The Bertz CT molecular complexity index is 379. The molecule has 1 aromatic rings. The minimum absolute atomic E-state index is 0.00970. The standard InChI is InChI=1S/C12H20N4O/c1-9(17)5-7-16(2)8-10-4-3-6-15-11(10)12(13)14/h3-4,6,9,17H,5,7-8H2,1-2H3,(H3,13,14). The molecule has 0 aliphatic rings. The predicted octanol–water partition coefficient (Wildman–Crippen LogP) is 0.568. The van der Waals surface area contributed by atoms with E-state index < -0.39 is 0 Å². The van der Waals surface area contributed by atoms with Crippen LogP contribution in [0.3, 0.4) is 0 Å². The number of rotatable bonds is 6. The Morgan fingerprint density at radius 3 is 2.94 bits per heavy atom. The van der Waals surface area contributed by atoms with E-state index in [9.17, 15) is 5.11 Å².